The Bertz CT molecular complexity index is 837. The number of fused-ring (bicyclic) bond motifs is 1. The Balaban J connectivity index is 1.49. The summed E-state index contributed by atoms with van der Waals surface area (Å²) in [6.45, 7) is 0. The Labute approximate surface area is 143 Å². The first-order valence-corrected chi connectivity index (χ1v) is 9.01. The SMILES string of the molecule is O=C(Cc1[nH]nc2ccccc12)NC(c1cccs1)C1CC(O)C1. The average molecular weight is 341 g/mol. The fraction of sp³-hybridized carbons (Fsp3) is 0.333. The topological polar surface area (TPSA) is 78.0 Å². The van der Waals surface area contributed by atoms with Gasteiger partial charge in [0, 0.05) is 10.3 Å². The highest BCUT2D eigenvalue weighted by Gasteiger charge is 2.36. The van der Waals surface area contributed by atoms with Crippen LogP contribution in [-0.2, 0) is 11.2 Å². The van der Waals surface area contributed by atoms with E-state index in [1.165, 1.54) is 0 Å². The van der Waals surface area contributed by atoms with Crippen LogP contribution in [0.5, 0.6) is 0 Å². The molecule has 1 amide bonds. The molecule has 3 aromatic rings. The Morgan fingerprint density at radius 3 is 2.92 bits per heavy atom. The molecule has 4 rings (SSSR count). The third-order valence-corrected chi connectivity index (χ3v) is 5.62. The van der Waals surface area contributed by atoms with E-state index in [1.807, 2.05) is 41.8 Å². The number of nitrogens with zero attached hydrogens (tertiary/aromatic N) is 1. The predicted molar refractivity (Wildman–Crippen MR) is 93.7 cm³/mol. The van der Waals surface area contributed by atoms with Crippen LogP contribution in [-0.4, -0.2) is 27.3 Å². The number of aromatic amines is 1. The highest BCUT2D eigenvalue weighted by molar-refractivity contribution is 7.10. The molecule has 1 atom stereocenters. The summed E-state index contributed by atoms with van der Waals surface area (Å²) in [4.78, 5) is 13.7. The smallest absolute Gasteiger partial charge is 0.226 e. The van der Waals surface area contributed by atoms with Gasteiger partial charge in [0.25, 0.3) is 0 Å². The number of aliphatic hydroxyl groups is 1. The zero-order valence-electron chi connectivity index (χ0n) is 13.1. The first-order valence-electron chi connectivity index (χ1n) is 8.13. The van der Waals surface area contributed by atoms with Crippen molar-refractivity contribution in [2.24, 2.45) is 5.92 Å². The van der Waals surface area contributed by atoms with Gasteiger partial charge in [-0.2, -0.15) is 5.10 Å². The molecule has 0 saturated heterocycles. The molecule has 6 heteroatoms. The second-order valence-corrected chi connectivity index (χ2v) is 7.32. The van der Waals surface area contributed by atoms with Crippen LogP contribution in [0, 0.1) is 5.92 Å². The summed E-state index contributed by atoms with van der Waals surface area (Å²) >= 11 is 1.65. The number of benzene rings is 1. The average Bonchev–Trinajstić information content (AvgIpc) is 3.20. The molecule has 0 bridgehead atoms. The van der Waals surface area contributed by atoms with Crippen molar-refractivity contribution in [3.8, 4) is 0 Å². The van der Waals surface area contributed by atoms with E-state index in [0.29, 0.717) is 5.92 Å². The minimum atomic E-state index is -0.231. The van der Waals surface area contributed by atoms with Crippen molar-refractivity contribution in [1.29, 1.82) is 0 Å². The lowest BCUT2D eigenvalue weighted by Crippen LogP contribution is -2.41. The second-order valence-electron chi connectivity index (χ2n) is 6.34. The zero-order chi connectivity index (χ0) is 16.5. The minimum absolute atomic E-state index is 0.0184. The van der Waals surface area contributed by atoms with Crippen LogP contribution in [0.15, 0.2) is 41.8 Å². The normalized spacial score (nSPS) is 21.4. The van der Waals surface area contributed by atoms with Crippen molar-refractivity contribution in [3.05, 3.63) is 52.3 Å². The van der Waals surface area contributed by atoms with Gasteiger partial charge in [0.2, 0.25) is 5.91 Å². The number of para-hydroxylation sites is 1. The Morgan fingerprint density at radius 1 is 1.33 bits per heavy atom. The summed E-state index contributed by atoms with van der Waals surface area (Å²) in [7, 11) is 0. The lowest BCUT2D eigenvalue weighted by atomic mass is 9.76. The predicted octanol–water partition coefficient (Wildman–Crippen LogP) is 2.80. The largest absolute Gasteiger partial charge is 0.393 e. The van der Waals surface area contributed by atoms with Gasteiger partial charge in [0.1, 0.15) is 0 Å². The van der Waals surface area contributed by atoms with Crippen LogP contribution in [0.4, 0.5) is 0 Å². The summed E-state index contributed by atoms with van der Waals surface area (Å²) in [5, 5.41) is 23.0. The van der Waals surface area contributed by atoms with Gasteiger partial charge in [0.05, 0.1) is 29.8 Å². The van der Waals surface area contributed by atoms with E-state index in [1.54, 1.807) is 11.3 Å². The minimum Gasteiger partial charge on any atom is -0.393 e. The molecule has 1 aliphatic carbocycles. The van der Waals surface area contributed by atoms with E-state index in [9.17, 15) is 9.90 Å². The number of hydrogen-bond donors (Lipinski definition) is 3. The van der Waals surface area contributed by atoms with Gasteiger partial charge in [-0.15, -0.1) is 11.3 Å². The third-order valence-electron chi connectivity index (χ3n) is 4.67. The van der Waals surface area contributed by atoms with Crippen molar-refractivity contribution in [2.75, 3.05) is 0 Å². The first kappa shape index (κ1) is 15.4. The zero-order valence-corrected chi connectivity index (χ0v) is 13.9. The van der Waals surface area contributed by atoms with E-state index in [2.05, 4.69) is 15.5 Å². The molecule has 124 valence electrons. The molecule has 1 fully saturated rings. The Kier molecular flexibility index (Phi) is 4.08. The lowest BCUT2D eigenvalue weighted by Gasteiger charge is -2.37. The number of H-pyrrole nitrogens is 1. The van der Waals surface area contributed by atoms with Gasteiger partial charge < -0.3 is 10.4 Å². The molecule has 1 aliphatic rings. The van der Waals surface area contributed by atoms with Crippen molar-refractivity contribution >= 4 is 28.1 Å². The number of carbonyl (C=O) groups is 1. The van der Waals surface area contributed by atoms with Crippen LogP contribution in [0.25, 0.3) is 10.9 Å². The van der Waals surface area contributed by atoms with Crippen molar-refractivity contribution in [3.63, 3.8) is 0 Å². The maximum atomic E-state index is 12.6. The summed E-state index contributed by atoms with van der Waals surface area (Å²) in [5.74, 6) is 0.283. The molecule has 5 nitrogen and oxygen atoms in total. The fourth-order valence-corrected chi connectivity index (χ4v) is 4.20. The summed E-state index contributed by atoms with van der Waals surface area (Å²) in [6.07, 6.45) is 1.54. The van der Waals surface area contributed by atoms with E-state index in [4.69, 9.17) is 0 Å². The molecule has 0 aliphatic heterocycles. The van der Waals surface area contributed by atoms with Crippen molar-refractivity contribution in [1.82, 2.24) is 15.5 Å². The summed E-state index contributed by atoms with van der Waals surface area (Å²) in [5.41, 5.74) is 1.71. The number of hydrogen-bond acceptors (Lipinski definition) is 4. The molecule has 2 aromatic heterocycles. The van der Waals surface area contributed by atoms with Crippen LogP contribution in [0.2, 0.25) is 0 Å². The van der Waals surface area contributed by atoms with E-state index in [-0.39, 0.29) is 24.5 Å². The highest BCUT2D eigenvalue weighted by atomic mass is 32.1. The highest BCUT2D eigenvalue weighted by Crippen LogP contribution is 2.39. The van der Waals surface area contributed by atoms with Crippen molar-refractivity contribution in [2.45, 2.75) is 31.4 Å². The molecule has 1 unspecified atom stereocenters. The van der Waals surface area contributed by atoms with Crippen LogP contribution >= 0.6 is 11.3 Å². The number of aromatic nitrogens is 2. The number of carbonyl (C=O) groups excluding carboxylic acids is 1. The molecule has 3 N–H and O–H groups in total. The maximum Gasteiger partial charge on any atom is 0.226 e. The number of rotatable bonds is 5. The lowest BCUT2D eigenvalue weighted by molar-refractivity contribution is -0.122. The van der Waals surface area contributed by atoms with Gasteiger partial charge in [-0.1, -0.05) is 24.3 Å². The van der Waals surface area contributed by atoms with Gasteiger partial charge in [-0.05, 0) is 36.3 Å². The van der Waals surface area contributed by atoms with Crippen molar-refractivity contribution < 1.29 is 9.90 Å². The number of nitrogens with one attached hydrogen (secondary N) is 2. The second kappa shape index (κ2) is 6.37. The summed E-state index contributed by atoms with van der Waals surface area (Å²) < 4.78 is 0. The first-order chi connectivity index (χ1) is 11.7. The monoisotopic (exact) mass is 341 g/mol. The molecular formula is C18H19N3O2S. The van der Waals surface area contributed by atoms with Gasteiger partial charge in [-0.25, -0.2) is 0 Å². The number of thiophene rings is 1. The third kappa shape index (κ3) is 2.95. The molecule has 24 heavy (non-hydrogen) atoms. The van der Waals surface area contributed by atoms with E-state index < -0.39 is 0 Å². The standard InChI is InChI=1S/C18H19N3O2S/c22-12-8-11(9-12)18(16-6-3-7-24-16)19-17(23)10-15-13-4-1-2-5-14(13)20-21-15/h1-7,11-12,18,22H,8-10H2,(H,19,23)(H,20,21). The molecule has 0 radical (unpaired) electrons. The van der Waals surface area contributed by atoms with Crippen LogP contribution < -0.4 is 5.32 Å². The van der Waals surface area contributed by atoms with Gasteiger partial charge in [-0.3, -0.25) is 9.89 Å². The van der Waals surface area contributed by atoms with Crippen LogP contribution in [0.3, 0.4) is 0 Å². The van der Waals surface area contributed by atoms with Crippen LogP contribution in [0.1, 0.15) is 29.5 Å². The molecule has 1 saturated carbocycles. The molecular weight excluding hydrogens is 322 g/mol. The Morgan fingerprint density at radius 2 is 2.17 bits per heavy atom. The number of amides is 1. The molecule has 0 spiro atoms. The van der Waals surface area contributed by atoms with E-state index in [0.717, 1.165) is 34.3 Å². The maximum absolute atomic E-state index is 12.6. The number of aliphatic hydroxyl groups excluding tert-OH is 1. The Hall–Kier alpha value is -2.18. The quantitative estimate of drug-likeness (QED) is 0.668. The fourth-order valence-electron chi connectivity index (χ4n) is 3.33. The van der Waals surface area contributed by atoms with E-state index >= 15 is 0 Å². The molecule has 1 aromatic carbocycles. The van der Waals surface area contributed by atoms with Gasteiger partial charge >= 0.3 is 0 Å². The molecule has 2 heterocycles. The van der Waals surface area contributed by atoms with Gasteiger partial charge in [0.15, 0.2) is 0 Å². The summed E-state index contributed by atoms with van der Waals surface area (Å²) in [6, 6.07) is 11.8.